The summed E-state index contributed by atoms with van der Waals surface area (Å²) in [5.74, 6) is 0.110. The molecule has 7 heteroatoms. The van der Waals surface area contributed by atoms with E-state index < -0.39 is 11.1 Å². The number of hydrogen-bond acceptors (Lipinski definition) is 5. The van der Waals surface area contributed by atoms with Crippen molar-refractivity contribution in [2.45, 2.75) is 20.0 Å². The van der Waals surface area contributed by atoms with Crippen molar-refractivity contribution in [3.05, 3.63) is 86.4 Å². The number of aryl methyl sites for hydroxylation is 1. The summed E-state index contributed by atoms with van der Waals surface area (Å²) in [6.07, 6.45) is 0. The van der Waals surface area contributed by atoms with Gasteiger partial charge in [0.25, 0.3) is 0 Å². The highest BCUT2D eigenvalue weighted by atomic mass is 16.2. The van der Waals surface area contributed by atoms with E-state index in [1.807, 2.05) is 42.2 Å². The predicted octanol–water partition coefficient (Wildman–Crippen LogP) is 1.75. The molecule has 0 atom stereocenters. The van der Waals surface area contributed by atoms with E-state index in [-0.39, 0.29) is 12.3 Å². The van der Waals surface area contributed by atoms with Crippen LogP contribution in [0.15, 0.2) is 64.2 Å². The van der Waals surface area contributed by atoms with Gasteiger partial charge in [-0.15, -0.1) is 5.10 Å². The van der Waals surface area contributed by atoms with Gasteiger partial charge >= 0.3 is 11.1 Å². The third-order valence-corrected chi connectivity index (χ3v) is 4.64. The van der Waals surface area contributed by atoms with Crippen LogP contribution in [0.5, 0.6) is 0 Å². The fraction of sp³-hybridized carbons (Fsp3) is 0.200. The van der Waals surface area contributed by atoms with Crippen LogP contribution in [0.25, 0.3) is 0 Å². The smallest absolute Gasteiger partial charge is 0.309 e. The molecule has 27 heavy (non-hydrogen) atoms. The van der Waals surface area contributed by atoms with E-state index in [4.69, 9.17) is 0 Å². The molecule has 0 N–H and O–H groups in total. The Balaban J connectivity index is 1.73. The number of fused-ring (bicyclic) bond motifs is 1. The third-order valence-electron chi connectivity index (χ3n) is 4.64. The lowest BCUT2D eigenvalue weighted by Crippen LogP contribution is -2.43. The molecule has 0 radical (unpaired) electrons. The first kappa shape index (κ1) is 17.0. The minimum Gasteiger partial charge on any atom is -0.309 e. The molecule has 0 saturated heterocycles. The number of nitrogens with zero attached hydrogens (tertiary/aromatic N) is 4. The first-order valence-electron chi connectivity index (χ1n) is 8.69. The lowest BCUT2D eigenvalue weighted by Gasteiger charge is -2.18. The highest BCUT2D eigenvalue weighted by Crippen LogP contribution is 2.26. The van der Waals surface area contributed by atoms with E-state index >= 15 is 0 Å². The molecule has 136 valence electrons. The van der Waals surface area contributed by atoms with Crippen molar-refractivity contribution >= 4 is 17.4 Å². The summed E-state index contributed by atoms with van der Waals surface area (Å²) in [5, 5.41) is 4.33. The van der Waals surface area contributed by atoms with Gasteiger partial charge in [0, 0.05) is 24.3 Å². The Morgan fingerprint density at radius 3 is 2.37 bits per heavy atom. The van der Waals surface area contributed by atoms with Gasteiger partial charge in [0.05, 0.1) is 0 Å². The Hall–Kier alpha value is -3.48. The number of rotatable bonds is 4. The van der Waals surface area contributed by atoms with Crippen LogP contribution in [-0.4, -0.2) is 26.7 Å². The van der Waals surface area contributed by atoms with Gasteiger partial charge in [-0.1, -0.05) is 48.0 Å². The van der Waals surface area contributed by atoms with Crippen LogP contribution < -0.4 is 16.0 Å². The molecule has 0 amide bonds. The van der Waals surface area contributed by atoms with Crippen molar-refractivity contribution < 1.29 is 4.79 Å². The summed E-state index contributed by atoms with van der Waals surface area (Å²) < 4.78 is 2.34. The summed E-state index contributed by atoms with van der Waals surface area (Å²) in [6.45, 7) is 2.66. The van der Waals surface area contributed by atoms with E-state index in [0.717, 1.165) is 15.9 Å². The minimum absolute atomic E-state index is 0.269. The maximum atomic E-state index is 12.5. The van der Waals surface area contributed by atoms with Crippen molar-refractivity contribution in [2.24, 2.45) is 0 Å². The second kappa shape index (κ2) is 6.68. The molecule has 4 rings (SSSR count). The maximum absolute atomic E-state index is 12.5. The maximum Gasteiger partial charge on any atom is 0.333 e. The SMILES string of the molecule is Cc1ccc(N2CCn3c2nn(CC(=O)c2ccccc2)c(=O)c3=O)cc1. The number of ketones is 1. The van der Waals surface area contributed by atoms with Gasteiger partial charge in [-0.05, 0) is 19.1 Å². The second-order valence-electron chi connectivity index (χ2n) is 6.50. The van der Waals surface area contributed by atoms with Gasteiger partial charge in [-0.3, -0.25) is 19.0 Å². The third kappa shape index (κ3) is 3.08. The van der Waals surface area contributed by atoms with Crippen LogP contribution in [0.2, 0.25) is 0 Å². The fourth-order valence-electron chi connectivity index (χ4n) is 3.15. The van der Waals surface area contributed by atoms with E-state index in [1.165, 1.54) is 4.57 Å². The molecule has 7 nitrogen and oxygen atoms in total. The number of hydrogen-bond donors (Lipinski definition) is 0. The lowest BCUT2D eigenvalue weighted by atomic mass is 10.1. The molecule has 0 fully saturated rings. The predicted molar refractivity (Wildman–Crippen MR) is 102 cm³/mol. The molecular weight excluding hydrogens is 344 g/mol. The Morgan fingerprint density at radius 2 is 1.67 bits per heavy atom. The number of carbonyl (C=O) groups excluding carboxylic acids is 1. The zero-order chi connectivity index (χ0) is 19.0. The molecule has 2 heterocycles. The van der Waals surface area contributed by atoms with Crippen molar-refractivity contribution in [1.29, 1.82) is 0 Å². The molecule has 1 aromatic heterocycles. The standard InChI is InChI=1S/C20H18N4O3/c1-14-7-9-16(10-8-14)22-11-12-23-18(26)19(27)24(21-20(22)23)13-17(25)15-5-3-2-4-6-15/h2-10H,11-13H2,1H3. The van der Waals surface area contributed by atoms with Crippen LogP contribution in [-0.2, 0) is 13.1 Å². The molecule has 2 aromatic carbocycles. The lowest BCUT2D eigenvalue weighted by molar-refractivity contribution is 0.0965. The van der Waals surface area contributed by atoms with Crippen molar-refractivity contribution in [3.63, 3.8) is 0 Å². The second-order valence-corrected chi connectivity index (χ2v) is 6.50. The summed E-state index contributed by atoms with van der Waals surface area (Å²) in [6, 6.07) is 16.5. The Labute approximate surface area is 155 Å². The van der Waals surface area contributed by atoms with Crippen LogP contribution in [0.1, 0.15) is 15.9 Å². The van der Waals surface area contributed by atoms with Crippen LogP contribution >= 0.6 is 0 Å². The first-order chi connectivity index (χ1) is 13.0. The summed E-state index contributed by atoms with van der Waals surface area (Å²) in [5.41, 5.74) is 1.05. The van der Waals surface area contributed by atoms with Crippen molar-refractivity contribution in [3.8, 4) is 0 Å². The number of Topliss-reactive ketones (excluding diaryl/α,β-unsaturated/α-hetero) is 1. The molecule has 3 aromatic rings. The molecule has 0 saturated carbocycles. The van der Waals surface area contributed by atoms with E-state index in [0.29, 0.717) is 24.6 Å². The van der Waals surface area contributed by atoms with Gasteiger partial charge in [0.1, 0.15) is 6.54 Å². The van der Waals surface area contributed by atoms with Gasteiger partial charge in [0.15, 0.2) is 5.78 Å². The normalized spacial score (nSPS) is 12.9. The molecule has 0 spiro atoms. The average Bonchev–Trinajstić information content (AvgIpc) is 3.11. The topological polar surface area (TPSA) is 77.2 Å². The monoisotopic (exact) mass is 362 g/mol. The first-order valence-corrected chi connectivity index (χ1v) is 8.69. The molecular formula is C20H18N4O3. The van der Waals surface area contributed by atoms with Crippen molar-refractivity contribution in [1.82, 2.24) is 14.3 Å². The Kier molecular flexibility index (Phi) is 4.19. The Morgan fingerprint density at radius 1 is 0.963 bits per heavy atom. The van der Waals surface area contributed by atoms with Crippen LogP contribution in [0, 0.1) is 6.92 Å². The molecule has 1 aliphatic heterocycles. The van der Waals surface area contributed by atoms with Gasteiger partial charge in [-0.25, -0.2) is 4.68 Å². The molecule has 0 bridgehead atoms. The van der Waals surface area contributed by atoms with Crippen LogP contribution in [0.4, 0.5) is 11.6 Å². The highest BCUT2D eigenvalue weighted by Gasteiger charge is 2.26. The largest absolute Gasteiger partial charge is 0.333 e. The van der Waals surface area contributed by atoms with E-state index in [2.05, 4.69) is 5.10 Å². The zero-order valence-electron chi connectivity index (χ0n) is 14.8. The molecule has 0 unspecified atom stereocenters. The minimum atomic E-state index is -0.784. The number of anilines is 2. The number of aromatic nitrogens is 3. The van der Waals surface area contributed by atoms with E-state index in [1.54, 1.807) is 24.3 Å². The van der Waals surface area contributed by atoms with E-state index in [9.17, 15) is 14.4 Å². The molecule has 0 aliphatic carbocycles. The number of benzene rings is 2. The summed E-state index contributed by atoms with van der Waals surface area (Å²) in [4.78, 5) is 39.2. The van der Waals surface area contributed by atoms with Gasteiger partial charge in [0.2, 0.25) is 5.95 Å². The fourth-order valence-corrected chi connectivity index (χ4v) is 3.15. The average molecular weight is 362 g/mol. The van der Waals surface area contributed by atoms with Gasteiger partial charge in [-0.2, -0.15) is 0 Å². The summed E-state index contributed by atoms with van der Waals surface area (Å²) in [7, 11) is 0. The highest BCUT2D eigenvalue weighted by molar-refractivity contribution is 5.95. The van der Waals surface area contributed by atoms with Crippen LogP contribution in [0.3, 0.4) is 0 Å². The Bertz CT molecular complexity index is 1110. The zero-order valence-corrected chi connectivity index (χ0v) is 14.8. The van der Waals surface area contributed by atoms with Crippen molar-refractivity contribution in [2.75, 3.05) is 11.4 Å². The summed E-state index contributed by atoms with van der Waals surface area (Å²) >= 11 is 0. The molecule has 1 aliphatic rings. The number of carbonyl (C=O) groups is 1. The quantitative estimate of drug-likeness (QED) is 0.522. The van der Waals surface area contributed by atoms with Gasteiger partial charge < -0.3 is 4.90 Å².